The van der Waals surface area contributed by atoms with Crippen molar-refractivity contribution in [1.29, 1.82) is 0 Å². The smallest absolute Gasteiger partial charge is 0.129 e. The summed E-state index contributed by atoms with van der Waals surface area (Å²) in [7, 11) is 0. The number of unbranched alkanes of at least 4 members (excludes halogenated alkanes) is 1. The van der Waals surface area contributed by atoms with Crippen molar-refractivity contribution in [3.8, 4) is 0 Å². The van der Waals surface area contributed by atoms with Gasteiger partial charge in [-0.25, -0.2) is 8.78 Å². The van der Waals surface area contributed by atoms with Crippen molar-refractivity contribution < 1.29 is 8.78 Å². The second kappa shape index (κ2) is 7.56. The third kappa shape index (κ3) is 4.88. The molecular weight excluding hydrogens is 246 g/mol. The minimum absolute atomic E-state index is 0.418. The van der Waals surface area contributed by atoms with E-state index in [1.807, 2.05) is 0 Å². The average Bonchev–Trinajstić information content (AvgIpc) is 2.65. The van der Waals surface area contributed by atoms with Crippen LogP contribution in [0.25, 0.3) is 0 Å². The first-order valence-electron chi connectivity index (χ1n) is 7.13. The Labute approximate surface area is 113 Å². The highest BCUT2D eigenvalue weighted by molar-refractivity contribution is 5.18. The molecule has 0 atom stereocenters. The lowest BCUT2D eigenvalue weighted by molar-refractivity contribution is 0.286. The van der Waals surface area contributed by atoms with E-state index in [9.17, 15) is 8.78 Å². The minimum Gasteiger partial charge on any atom is -0.315 e. The van der Waals surface area contributed by atoms with Crippen molar-refractivity contribution >= 4 is 0 Å². The number of nitrogens with zero attached hydrogens (tertiary/aromatic N) is 1. The second-order valence-corrected chi connectivity index (χ2v) is 5.14. The molecule has 1 aliphatic rings. The standard InChI is InChI=1S/C15H22F2N2/c16-14-6-5-13(15(17)12-14)4-1-2-9-19-10-3-7-18-8-11-19/h5-6,12,18H,1-4,7-11H2. The largest absolute Gasteiger partial charge is 0.315 e. The Morgan fingerprint density at radius 1 is 1.11 bits per heavy atom. The molecule has 0 radical (unpaired) electrons. The molecule has 1 aromatic carbocycles. The van der Waals surface area contributed by atoms with E-state index in [4.69, 9.17) is 0 Å². The molecule has 106 valence electrons. The third-order valence-electron chi connectivity index (χ3n) is 3.62. The van der Waals surface area contributed by atoms with Gasteiger partial charge in [0.05, 0.1) is 0 Å². The monoisotopic (exact) mass is 268 g/mol. The first-order valence-corrected chi connectivity index (χ1v) is 7.13. The van der Waals surface area contributed by atoms with Crippen molar-refractivity contribution in [2.24, 2.45) is 0 Å². The topological polar surface area (TPSA) is 15.3 Å². The number of halogens is 2. The molecule has 0 amide bonds. The summed E-state index contributed by atoms with van der Waals surface area (Å²) in [6.45, 7) is 5.50. The van der Waals surface area contributed by atoms with Crippen LogP contribution in [0.2, 0.25) is 0 Å². The molecule has 4 heteroatoms. The molecule has 0 aromatic heterocycles. The SMILES string of the molecule is Fc1ccc(CCCCN2CCCNCC2)c(F)c1. The fourth-order valence-corrected chi connectivity index (χ4v) is 2.50. The van der Waals surface area contributed by atoms with Crippen molar-refractivity contribution in [2.45, 2.75) is 25.7 Å². The molecule has 0 bridgehead atoms. The highest BCUT2D eigenvalue weighted by Crippen LogP contribution is 2.12. The predicted octanol–water partition coefficient (Wildman–Crippen LogP) is 2.58. The van der Waals surface area contributed by atoms with Crippen LogP contribution in [0.4, 0.5) is 8.78 Å². The van der Waals surface area contributed by atoms with Crippen molar-refractivity contribution in [1.82, 2.24) is 10.2 Å². The van der Waals surface area contributed by atoms with Crippen LogP contribution in [-0.4, -0.2) is 37.6 Å². The van der Waals surface area contributed by atoms with Crippen LogP contribution in [0.3, 0.4) is 0 Å². The highest BCUT2D eigenvalue weighted by atomic mass is 19.1. The van der Waals surface area contributed by atoms with Gasteiger partial charge >= 0.3 is 0 Å². The zero-order chi connectivity index (χ0) is 13.5. The summed E-state index contributed by atoms with van der Waals surface area (Å²) in [5.41, 5.74) is 0.624. The van der Waals surface area contributed by atoms with Gasteiger partial charge in [-0.05, 0) is 56.9 Å². The Bertz CT molecular complexity index is 388. The molecule has 1 aromatic rings. The van der Waals surface area contributed by atoms with Gasteiger partial charge in [-0.2, -0.15) is 0 Å². The first-order chi connectivity index (χ1) is 9.25. The van der Waals surface area contributed by atoms with E-state index in [1.54, 1.807) is 6.07 Å². The zero-order valence-corrected chi connectivity index (χ0v) is 11.3. The van der Waals surface area contributed by atoms with Gasteiger partial charge in [-0.1, -0.05) is 6.07 Å². The molecule has 1 saturated heterocycles. The van der Waals surface area contributed by atoms with Gasteiger partial charge < -0.3 is 10.2 Å². The van der Waals surface area contributed by atoms with Crippen LogP contribution in [0.15, 0.2) is 18.2 Å². The normalized spacial score (nSPS) is 17.4. The minimum atomic E-state index is -0.502. The van der Waals surface area contributed by atoms with Crippen molar-refractivity contribution in [3.63, 3.8) is 0 Å². The van der Waals surface area contributed by atoms with E-state index in [0.717, 1.165) is 51.6 Å². The molecular formula is C15H22F2N2. The number of aryl methyl sites for hydroxylation is 1. The van der Waals surface area contributed by atoms with E-state index in [2.05, 4.69) is 10.2 Å². The fraction of sp³-hybridized carbons (Fsp3) is 0.600. The number of hydrogen-bond donors (Lipinski definition) is 1. The second-order valence-electron chi connectivity index (χ2n) is 5.14. The van der Waals surface area contributed by atoms with Gasteiger partial charge in [0.25, 0.3) is 0 Å². The molecule has 1 fully saturated rings. The van der Waals surface area contributed by atoms with E-state index < -0.39 is 11.6 Å². The van der Waals surface area contributed by atoms with Crippen LogP contribution in [0, 0.1) is 11.6 Å². The van der Waals surface area contributed by atoms with Crippen LogP contribution < -0.4 is 5.32 Å². The molecule has 1 N–H and O–H groups in total. The Kier molecular flexibility index (Phi) is 5.73. The van der Waals surface area contributed by atoms with Crippen molar-refractivity contribution in [3.05, 3.63) is 35.4 Å². The molecule has 2 rings (SSSR count). The Morgan fingerprint density at radius 2 is 2.00 bits per heavy atom. The molecule has 0 unspecified atom stereocenters. The van der Waals surface area contributed by atoms with E-state index in [-0.39, 0.29) is 0 Å². The maximum absolute atomic E-state index is 13.4. The van der Waals surface area contributed by atoms with Crippen molar-refractivity contribution in [2.75, 3.05) is 32.7 Å². The molecule has 1 heterocycles. The molecule has 0 saturated carbocycles. The van der Waals surface area contributed by atoms with Gasteiger partial charge in [0, 0.05) is 19.2 Å². The lowest BCUT2D eigenvalue weighted by atomic mass is 10.1. The molecule has 19 heavy (non-hydrogen) atoms. The van der Waals surface area contributed by atoms with E-state index >= 15 is 0 Å². The lowest BCUT2D eigenvalue weighted by Crippen LogP contribution is -2.29. The van der Waals surface area contributed by atoms with Gasteiger partial charge in [-0.15, -0.1) is 0 Å². The summed E-state index contributed by atoms with van der Waals surface area (Å²) in [6.07, 6.45) is 3.91. The number of hydrogen-bond acceptors (Lipinski definition) is 2. The average molecular weight is 268 g/mol. The summed E-state index contributed by atoms with van der Waals surface area (Å²) in [4.78, 5) is 2.46. The fourth-order valence-electron chi connectivity index (χ4n) is 2.50. The lowest BCUT2D eigenvalue weighted by Gasteiger charge is -2.19. The maximum Gasteiger partial charge on any atom is 0.129 e. The summed E-state index contributed by atoms with van der Waals surface area (Å²) < 4.78 is 26.2. The summed E-state index contributed by atoms with van der Waals surface area (Å²) in [6, 6.07) is 3.86. The van der Waals surface area contributed by atoms with Crippen LogP contribution in [0.5, 0.6) is 0 Å². The van der Waals surface area contributed by atoms with E-state index in [1.165, 1.54) is 12.5 Å². The third-order valence-corrected chi connectivity index (χ3v) is 3.62. The Hall–Kier alpha value is -1.00. The Morgan fingerprint density at radius 3 is 2.84 bits per heavy atom. The highest BCUT2D eigenvalue weighted by Gasteiger charge is 2.08. The summed E-state index contributed by atoms with van der Waals surface area (Å²) >= 11 is 0. The predicted molar refractivity (Wildman–Crippen MR) is 73.2 cm³/mol. The number of nitrogens with one attached hydrogen (secondary N) is 1. The van der Waals surface area contributed by atoms with Crippen LogP contribution in [-0.2, 0) is 6.42 Å². The Balaban J connectivity index is 1.68. The van der Waals surface area contributed by atoms with Crippen LogP contribution in [0.1, 0.15) is 24.8 Å². The zero-order valence-electron chi connectivity index (χ0n) is 11.3. The molecule has 0 aliphatic carbocycles. The van der Waals surface area contributed by atoms with E-state index in [0.29, 0.717) is 12.0 Å². The number of benzene rings is 1. The maximum atomic E-state index is 13.4. The summed E-state index contributed by atoms with van der Waals surface area (Å²) in [5, 5.41) is 3.38. The molecule has 2 nitrogen and oxygen atoms in total. The van der Waals surface area contributed by atoms with Gasteiger partial charge in [0.1, 0.15) is 11.6 Å². The van der Waals surface area contributed by atoms with Crippen LogP contribution >= 0.6 is 0 Å². The summed E-state index contributed by atoms with van der Waals surface area (Å²) in [5.74, 6) is -0.919. The van der Waals surface area contributed by atoms with Gasteiger partial charge in [0.2, 0.25) is 0 Å². The number of rotatable bonds is 5. The molecule has 1 aliphatic heterocycles. The molecule has 0 spiro atoms. The quantitative estimate of drug-likeness (QED) is 0.826. The van der Waals surface area contributed by atoms with Gasteiger partial charge in [-0.3, -0.25) is 0 Å². The van der Waals surface area contributed by atoms with Gasteiger partial charge in [0.15, 0.2) is 0 Å². The first kappa shape index (κ1) is 14.4.